The van der Waals surface area contributed by atoms with Crippen molar-refractivity contribution in [1.29, 1.82) is 0 Å². The summed E-state index contributed by atoms with van der Waals surface area (Å²) in [5.74, 6) is -0.0375. The minimum absolute atomic E-state index is 0.149. The van der Waals surface area contributed by atoms with Crippen molar-refractivity contribution >= 4 is 17.0 Å². The van der Waals surface area contributed by atoms with E-state index >= 15 is 0 Å². The molecule has 2 aromatic rings. The predicted octanol–water partition coefficient (Wildman–Crippen LogP) is 2.61. The van der Waals surface area contributed by atoms with Crippen LogP contribution in [0.4, 0.5) is 0 Å². The molecule has 5 nitrogen and oxygen atoms in total. The fraction of sp³-hybridized carbons (Fsp3) is 0.467. The number of carboxylic acids is 1. The Bertz CT molecular complexity index is 669. The number of nitrogens with zero attached hydrogens (tertiary/aromatic N) is 2. The SMILES string of the molecule is Cc1nc2cc(C(=O)O)ccc2n1CC1(C)CCCO1. The van der Waals surface area contributed by atoms with Gasteiger partial charge in [0.1, 0.15) is 5.82 Å². The summed E-state index contributed by atoms with van der Waals surface area (Å²) >= 11 is 0. The van der Waals surface area contributed by atoms with Gasteiger partial charge in [-0.15, -0.1) is 0 Å². The van der Waals surface area contributed by atoms with Crippen molar-refractivity contribution < 1.29 is 14.6 Å². The fourth-order valence-electron chi connectivity index (χ4n) is 2.88. The molecule has 1 aromatic heterocycles. The number of aryl methyl sites for hydroxylation is 1. The second-order valence-electron chi connectivity index (χ2n) is 5.66. The summed E-state index contributed by atoms with van der Waals surface area (Å²) in [7, 11) is 0. The number of fused-ring (bicyclic) bond motifs is 1. The summed E-state index contributed by atoms with van der Waals surface area (Å²) in [6.07, 6.45) is 2.13. The number of carbonyl (C=O) groups is 1. The molecule has 5 heteroatoms. The normalized spacial score (nSPS) is 22.5. The van der Waals surface area contributed by atoms with Crippen LogP contribution in [0.1, 0.15) is 35.9 Å². The van der Waals surface area contributed by atoms with Crippen LogP contribution in [0.3, 0.4) is 0 Å². The quantitative estimate of drug-likeness (QED) is 0.934. The summed E-state index contributed by atoms with van der Waals surface area (Å²) in [6.45, 7) is 5.63. The molecule has 1 aliphatic rings. The second-order valence-corrected chi connectivity index (χ2v) is 5.66. The van der Waals surface area contributed by atoms with Gasteiger partial charge in [0.2, 0.25) is 0 Å². The number of carboxylic acid groups (broad SMARTS) is 1. The van der Waals surface area contributed by atoms with E-state index in [2.05, 4.69) is 16.5 Å². The van der Waals surface area contributed by atoms with Gasteiger partial charge >= 0.3 is 5.97 Å². The molecule has 1 unspecified atom stereocenters. The van der Waals surface area contributed by atoms with Crippen molar-refractivity contribution in [3.05, 3.63) is 29.6 Å². The highest BCUT2D eigenvalue weighted by Crippen LogP contribution is 2.29. The van der Waals surface area contributed by atoms with Crippen LogP contribution in [0, 0.1) is 6.92 Å². The standard InChI is InChI=1S/C15H18N2O3/c1-10-16-12-8-11(14(18)19)4-5-13(12)17(10)9-15(2)6-3-7-20-15/h4-5,8H,3,6-7,9H2,1-2H3,(H,18,19). The van der Waals surface area contributed by atoms with Crippen molar-refractivity contribution in [2.75, 3.05) is 6.61 Å². The number of rotatable bonds is 3. The lowest BCUT2D eigenvalue weighted by atomic mass is 10.0. The summed E-state index contributed by atoms with van der Waals surface area (Å²) < 4.78 is 7.95. The van der Waals surface area contributed by atoms with Gasteiger partial charge in [-0.1, -0.05) is 0 Å². The van der Waals surface area contributed by atoms with Gasteiger partial charge in [0.15, 0.2) is 0 Å². The van der Waals surface area contributed by atoms with Crippen LogP contribution in [-0.4, -0.2) is 32.8 Å². The van der Waals surface area contributed by atoms with E-state index in [1.807, 2.05) is 13.0 Å². The van der Waals surface area contributed by atoms with Crippen molar-refractivity contribution in [2.24, 2.45) is 0 Å². The first kappa shape index (κ1) is 13.1. The summed E-state index contributed by atoms with van der Waals surface area (Å²) in [5.41, 5.74) is 1.81. The smallest absolute Gasteiger partial charge is 0.335 e. The topological polar surface area (TPSA) is 64.3 Å². The molecule has 1 fully saturated rings. The van der Waals surface area contributed by atoms with Gasteiger partial charge in [-0.05, 0) is 44.9 Å². The van der Waals surface area contributed by atoms with E-state index in [4.69, 9.17) is 9.84 Å². The molecule has 1 aromatic carbocycles. The largest absolute Gasteiger partial charge is 0.478 e. The van der Waals surface area contributed by atoms with Gasteiger partial charge < -0.3 is 14.4 Å². The first-order valence-electron chi connectivity index (χ1n) is 6.83. The minimum Gasteiger partial charge on any atom is -0.478 e. The number of imidazole rings is 1. The van der Waals surface area contributed by atoms with Crippen molar-refractivity contribution in [2.45, 2.75) is 38.8 Å². The Morgan fingerprint density at radius 2 is 2.35 bits per heavy atom. The minimum atomic E-state index is -0.926. The zero-order chi connectivity index (χ0) is 14.3. The number of aromatic nitrogens is 2. The van der Waals surface area contributed by atoms with Gasteiger partial charge in [0.05, 0.1) is 28.7 Å². The van der Waals surface area contributed by atoms with Crippen molar-refractivity contribution in [1.82, 2.24) is 9.55 Å². The molecular formula is C15H18N2O3. The highest BCUT2D eigenvalue weighted by Gasteiger charge is 2.31. The van der Waals surface area contributed by atoms with Crippen LogP contribution in [0.15, 0.2) is 18.2 Å². The molecule has 1 aliphatic heterocycles. The van der Waals surface area contributed by atoms with Gasteiger partial charge in [-0.2, -0.15) is 0 Å². The molecule has 0 radical (unpaired) electrons. The van der Waals surface area contributed by atoms with E-state index in [-0.39, 0.29) is 11.2 Å². The first-order valence-corrected chi connectivity index (χ1v) is 6.83. The van der Waals surface area contributed by atoms with Crippen LogP contribution in [0.25, 0.3) is 11.0 Å². The van der Waals surface area contributed by atoms with Gasteiger partial charge in [-0.3, -0.25) is 0 Å². The third kappa shape index (κ3) is 2.18. The zero-order valence-corrected chi connectivity index (χ0v) is 11.7. The molecule has 20 heavy (non-hydrogen) atoms. The van der Waals surface area contributed by atoms with Crippen LogP contribution < -0.4 is 0 Å². The summed E-state index contributed by atoms with van der Waals surface area (Å²) in [5, 5.41) is 9.04. The average molecular weight is 274 g/mol. The molecule has 1 atom stereocenters. The first-order chi connectivity index (χ1) is 9.48. The Morgan fingerprint density at radius 3 is 3.00 bits per heavy atom. The van der Waals surface area contributed by atoms with E-state index in [0.717, 1.165) is 42.9 Å². The lowest BCUT2D eigenvalue weighted by Gasteiger charge is -2.24. The van der Waals surface area contributed by atoms with Gasteiger partial charge in [0, 0.05) is 6.61 Å². The zero-order valence-electron chi connectivity index (χ0n) is 11.7. The molecule has 0 aliphatic carbocycles. The molecule has 0 spiro atoms. The summed E-state index contributed by atoms with van der Waals surface area (Å²) in [4.78, 5) is 15.5. The van der Waals surface area contributed by atoms with E-state index in [1.54, 1.807) is 12.1 Å². The van der Waals surface area contributed by atoms with Crippen molar-refractivity contribution in [3.63, 3.8) is 0 Å². The highest BCUT2D eigenvalue weighted by atomic mass is 16.5. The Labute approximate surface area is 117 Å². The van der Waals surface area contributed by atoms with Gasteiger partial charge in [-0.25, -0.2) is 9.78 Å². The van der Waals surface area contributed by atoms with Crippen LogP contribution in [0.5, 0.6) is 0 Å². The molecule has 0 saturated carbocycles. The predicted molar refractivity (Wildman–Crippen MR) is 75.0 cm³/mol. The molecule has 0 bridgehead atoms. The Balaban J connectivity index is 2.02. The molecule has 1 N–H and O–H groups in total. The third-order valence-electron chi connectivity index (χ3n) is 3.98. The molecule has 0 amide bonds. The Kier molecular flexibility index (Phi) is 3.01. The van der Waals surface area contributed by atoms with Crippen molar-refractivity contribution in [3.8, 4) is 0 Å². The average Bonchev–Trinajstić information content (AvgIpc) is 2.95. The maximum Gasteiger partial charge on any atom is 0.335 e. The van der Waals surface area contributed by atoms with E-state index < -0.39 is 5.97 Å². The van der Waals surface area contributed by atoms with E-state index in [0.29, 0.717) is 0 Å². The summed E-state index contributed by atoms with van der Waals surface area (Å²) in [6, 6.07) is 5.08. The molecule has 106 valence electrons. The van der Waals surface area contributed by atoms with E-state index in [9.17, 15) is 4.79 Å². The maximum absolute atomic E-state index is 11.0. The lowest BCUT2D eigenvalue weighted by Crippen LogP contribution is -2.29. The van der Waals surface area contributed by atoms with E-state index in [1.165, 1.54) is 0 Å². The number of ether oxygens (including phenoxy) is 1. The molecule has 3 rings (SSSR count). The second kappa shape index (κ2) is 4.59. The Morgan fingerprint density at radius 1 is 1.55 bits per heavy atom. The number of hydrogen-bond acceptors (Lipinski definition) is 3. The maximum atomic E-state index is 11.0. The number of benzene rings is 1. The fourth-order valence-corrected chi connectivity index (χ4v) is 2.88. The number of hydrogen-bond donors (Lipinski definition) is 1. The van der Waals surface area contributed by atoms with Crippen LogP contribution >= 0.6 is 0 Å². The molecular weight excluding hydrogens is 256 g/mol. The molecule has 2 heterocycles. The Hall–Kier alpha value is -1.88. The van der Waals surface area contributed by atoms with Crippen LogP contribution in [0.2, 0.25) is 0 Å². The third-order valence-corrected chi connectivity index (χ3v) is 3.98. The number of aromatic carboxylic acids is 1. The lowest BCUT2D eigenvalue weighted by molar-refractivity contribution is 0.00664. The van der Waals surface area contributed by atoms with Gasteiger partial charge in [0.25, 0.3) is 0 Å². The molecule has 1 saturated heterocycles. The van der Waals surface area contributed by atoms with Crippen LogP contribution in [-0.2, 0) is 11.3 Å². The highest BCUT2D eigenvalue weighted by molar-refractivity contribution is 5.92. The monoisotopic (exact) mass is 274 g/mol.